The predicted octanol–water partition coefficient (Wildman–Crippen LogP) is 5.98. The molecule has 6 rings (SSSR count). The van der Waals surface area contributed by atoms with Crippen molar-refractivity contribution in [1.29, 1.82) is 0 Å². The van der Waals surface area contributed by atoms with Crippen LogP contribution in [0.5, 0.6) is 0 Å². The summed E-state index contributed by atoms with van der Waals surface area (Å²) >= 11 is 0. The zero-order valence-corrected chi connectivity index (χ0v) is 13.3. The standard InChI is InChI=1S/C24H16/c1-3-7-21-15(5-1)9-19-11-17-12-20-10-16-6-2-4-8-22(16)24(20)14-18(17)13-23(19)21/h1-8,11-14H,9-10H2. The lowest BCUT2D eigenvalue weighted by atomic mass is 9.96. The molecule has 0 bridgehead atoms. The molecule has 0 aromatic heterocycles. The minimum Gasteiger partial charge on any atom is -0.0619 e. The quantitative estimate of drug-likeness (QED) is 0.324. The molecule has 0 unspecified atom stereocenters. The average molecular weight is 304 g/mol. The van der Waals surface area contributed by atoms with Gasteiger partial charge in [-0.3, -0.25) is 0 Å². The second kappa shape index (κ2) is 4.36. The highest BCUT2D eigenvalue weighted by atomic mass is 14.3. The maximum Gasteiger partial charge on any atom is -0.00132 e. The summed E-state index contributed by atoms with van der Waals surface area (Å²) in [6.07, 6.45) is 2.14. The van der Waals surface area contributed by atoms with Gasteiger partial charge in [-0.15, -0.1) is 0 Å². The third-order valence-corrected chi connectivity index (χ3v) is 5.66. The minimum atomic E-state index is 1.07. The van der Waals surface area contributed by atoms with Crippen LogP contribution in [0.25, 0.3) is 33.0 Å². The number of rotatable bonds is 0. The molecule has 0 heteroatoms. The Morgan fingerprint density at radius 2 is 0.875 bits per heavy atom. The summed E-state index contributed by atoms with van der Waals surface area (Å²) in [7, 11) is 0. The molecular weight excluding hydrogens is 288 g/mol. The van der Waals surface area contributed by atoms with Gasteiger partial charge in [0.15, 0.2) is 0 Å². The molecule has 0 amide bonds. The van der Waals surface area contributed by atoms with E-state index in [2.05, 4.69) is 72.8 Å². The van der Waals surface area contributed by atoms with Crippen LogP contribution in [0.4, 0.5) is 0 Å². The molecule has 112 valence electrons. The molecule has 0 atom stereocenters. The molecule has 4 aromatic rings. The highest BCUT2D eigenvalue weighted by molar-refractivity contribution is 5.96. The van der Waals surface area contributed by atoms with Crippen LogP contribution in [0.1, 0.15) is 22.3 Å². The van der Waals surface area contributed by atoms with Gasteiger partial charge in [0, 0.05) is 0 Å². The van der Waals surface area contributed by atoms with Crippen molar-refractivity contribution in [3.8, 4) is 22.3 Å². The fraction of sp³-hybridized carbons (Fsp3) is 0.0833. The first-order chi connectivity index (χ1) is 11.9. The number of hydrogen-bond donors (Lipinski definition) is 0. The Bertz CT molecular complexity index is 1060. The van der Waals surface area contributed by atoms with Crippen molar-refractivity contribution in [2.24, 2.45) is 0 Å². The van der Waals surface area contributed by atoms with Crippen LogP contribution in [0.3, 0.4) is 0 Å². The molecule has 4 aromatic carbocycles. The van der Waals surface area contributed by atoms with Crippen molar-refractivity contribution in [1.82, 2.24) is 0 Å². The van der Waals surface area contributed by atoms with Gasteiger partial charge in [0.05, 0.1) is 0 Å². The van der Waals surface area contributed by atoms with Crippen molar-refractivity contribution >= 4 is 10.8 Å². The lowest BCUT2D eigenvalue weighted by Crippen LogP contribution is -1.85. The summed E-state index contributed by atoms with van der Waals surface area (Å²) in [4.78, 5) is 0. The van der Waals surface area contributed by atoms with Gasteiger partial charge >= 0.3 is 0 Å². The van der Waals surface area contributed by atoms with Gasteiger partial charge in [-0.2, -0.15) is 0 Å². The van der Waals surface area contributed by atoms with E-state index < -0.39 is 0 Å². The average Bonchev–Trinajstić information content (AvgIpc) is 3.15. The van der Waals surface area contributed by atoms with E-state index in [0.29, 0.717) is 0 Å². The number of fused-ring (bicyclic) bond motifs is 7. The Morgan fingerprint density at radius 1 is 0.417 bits per heavy atom. The summed E-state index contributed by atoms with van der Waals surface area (Å²) < 4.78 is 0. The van der Waals surface area contributed by atoms with Gasteiger partial charge < -0.3 is 0 Å². The van der Waals surface area contributed by atoms with Crippen molar-refractivity contribution < 1.29 is 0 Å². The molecule has 2 aliphatic rings. The largest absolute Gasteiger partial charge is 0.0619 e. The third-order valence-electron chi connectivity index (χ3n) is 5.66. The zero-order valence-electron chi connectivity index (χ0n) is 13.3. The summed E-state index contributed by atoms with van der Waals surface area (Å²) in [5, 5.41) is 2.74. The fourth-order valence-electron chi connectivity index (χ4n) is 4.52. The summed E-state index contributed by atoms with van der Waals surface area (Å²) in [5.74, 6) is 0. The second-order valence-corrected chi connectivity index (χ2v) is 7.03. The Kier molecular flexibility index (Phi) is 2.28. The molecule has 0 aliphatic heterocycles. The number of hydrogen-bond acceptors (Lipinski definition) is 0. The maximum absolute atomic E-state index is 2.41. The first-order valence-corrected chi connectivity index (χ1v) is 8.63. The smallest absolute Gasteiger partial charge is 0.00132 e. The van der Waals surface area contributed by atoms with Gasteiger partial charge in [0.1, 0.15) is 0 Å². The van der Waals surface area contributed by atoms with Crippen LogP contribution in [-0.4, -0.2) is 0 Å². The molecule has 0 fully saturated rings. The van der Waals surface area contributed by atoms with E-state index >= 15 is 0 Å². The number of benzene rings is 4. The van der Waals surface area contributed by atoms with Gasteiger partial charge in [-0.1, -0.05) is 60.7 Å². The van der Waals surface area contributed by atoms with Crippen LogP contribution in [-0.2, 0) is 12.8 Å². The van der Waals surface area contributed by atoms with E-state index in [-0.39, 0.29) is 0 Å². The molecule has 0 radical (unpaired) electrons. The first kappa shape index (κ1) is 12.5. The van der Waals surface area contributed by atoms with Crippen LogP contribution in [0.2, 0.25) is 0 Å². The summed E-state index contributed by atoms with van der Waals surface area (Å²) in [6, 6.07) is 27.3. The Morgan fingerprint density at radius 3 is 1.42 bits per heavy atom. The van der Waals surface area contributed by atoms with Crippen molar-refractivity contribution in [3.05, 3.63) is 95.1 Å². The monoisotopic (exact) mass is 304 g/mol. The maximum atomic E-state index is 2.41. The van der Waals surface area contributed by atoms with Crippen LogP contribution in [0, 0.1) is 0 Å². The molecule has 0 spiro atoms. The van der Waals surface area contributed by atoms with Gasteiger partial charge in [-0.25, -0.2) is 0 Å². The van der Waals surface area contributed by atoms with E-state index in [1.165, 1.54) is 55.3 Å². The first-order valence-electron chi connectivity index (χ1n) is 8.63. The van der Waals surface area contributed by atoms with Crippen LogP contribution >= 0.6 is 0 Å². The van der Waals surface area contributed by atoms with E-state index in [4.69, 9.17) is 0 Å². The molecule has 0 saturated carbocycles. The van der Waals surface area contributed by atoms with E-state index in [9.17, 15) is 0 Å². The van der Waals surface area contributed by atoms with Crippen LogP contribution in [0.15, 0.2) is 72.8 Å². The molecule has 2 aliphatic carbocycles. The lowest BCUT2D eigenvalue weighted by Gasteiger charge is -2.08. The SMILES string of the molecule is c1ccc2c(c1)Cc1cc3cc4c(cc3cc1-2)-c1ccccc1C4. The third kappa shape index (κ3) is 1.58. The summed E-state index contributed by atoms with van der Waals surface area (Å²) in [5.41, 5.74) is 11.5. The molecule has 0 N–H and O–H groups in total. The Labute approximate surface area is 141 Å². The minimum absolute atomic E-state index is 1.07. The Hall–Kier alpha value is -2.86. The fourth-order valence-corrected chi connectivity index (χ4v) is 4.52. The molecule has 0 saturated heterocycles. The highest BCUT2D eigenvalue weighted by Gasteiger charge is 2.21. The molecule has 24 heavy (non-hydrogen) atoms. The lowest BCUT2D eigenvalue weighted by molar-refractivity contribution is 1.26. The van der Waals surface area contributed by atoms with E-state index in [1.807, 2.05) is 0 Å². The zero-order chi connectivity index (χ0) is 15.7. The van der Waals surface area contributed by atoms with E-state index in [1.54, 1.807) is 0 Å². The van der Waals surface area contributed by atoms with Gasteiger partial charge in [0.2, 0.25) is 0 Å². The van der Waals surface area contributed by atoms with Crippen LogP contribution < -0.4 is 0 Å². The van der Waals surface area contributed by atoms with E-state index in [0.717, 1.165) is 12.8 Å². The van der Waals surface area contributed by atoms with Crippen molar-refractivity contribution in [3.63, 3.8) is 0 Å². The second-order valence-electron chi connectivity index (χ2n) is 7.03. The predicted molar refractivity (Wildman–Crippen MR) is 100 cm³/mol. The normalized spacial score (nSPS) is 13.5. The summed E-state index contributed by atoms with van der Waals surface area (Å²) in [6.45, 7) is 0. The molecule has 0 nitrogen and oxygen atoms in total. The van der Waals surface area contributed by atoms with Gasteiger partial charge in [-0.05, 0) is 80.3 Å². The Balaban J connectivity index is 1.63. The molecular formula is C24H16. The van der Waals surface area contributed by atoms with Crippen molar-refractivity contribution in [2.75, 3.05) is 0 Å². The highest BCUT2D eigenvalue weighted by Crippen LogP contribution is 2.42. The molecule has 0 heterocycles. The topological polar surface area (TPSA) is 0 Å². The van der Waals surface area contributed by atoms with Crippen molar-refractivity contribution in [2.45, 2.75) is 12.8 Å². The van der Waals surface area contributed by atoms with Gasteiger partial charge in [0.25, 0.3) is 0 Å².